The smallest absolute Gasteiger partial charge is 0.475 e. The number of aliphatic carboxylic acids is 1. The Balaban J connectivity index is 0.000000318. The summed E-state index contributed by atoms with van der Waals surface area (Å²) in [6.07, 6.45) is -1.38. The second-order valence-corrected chi connectivity index (χ2v) is 8.08. The summed E-state index contributed by atoms with van der Waals surface area (Å²) in [5.74, 6) is -0.614. The van der Waals surface area contributed by atoms with E-state index in [4.69, 9.17) is 19.2 Å². The third kappa shape index (κ3) is 6.18. The van der Waals surface area contributed by atoms with Crippen LogP contribution in [-0.4, -0.2) is 65.6 Å². The number of hydrogen-bond acceptors (Lipinski definition) is 6. The number of carbonyl (C=O) groups excluding carboxylic acids is 1. The largest absolute Gasteiger partial charge is 0.490 e. The molecule has 3 aliphatic rings. The Labute approximate surface area is 171 Å². The van der Waals surface area contributed by atoms with Gasteiger partial charge in [0.25, 0.3) is 0 Å². The monoisotopic (exact) mass is 433 g/mol. The predicted molar refractivity (Wildman–Crippen MR) is 97.3 cm³/mol. The van der Waals surface area contributed by atoms with Crippen LogP contribution in [0.1, 0.15) is 30.7 Å². The van der Waals surface area contributed by atoms with E-state index < -0.39 is 12.1 Å². The topological polar surface area (TPSA) is 105 Å². The van der Waals surface area contributed by atoms with Gasteiger partial charge in [0.05, 0.1) is 17.7 Å². The van der Waals surface area contributed by atoms with Crippen LogP contribution in [0.2, 0.25) is 0 Å². The van der Waals surface area contributed by atoms with Crippen molar-refractivity contribution < 1.29 is 37.1 Å². The lowest BCUT2D eigenvalue weighted by Gasteiger charge is -2.39. The normalized spacial score (nSPS) is 26.5. The number of nitrogens with one attached hydrogen (secondary N) is 1. The first-order chi connectivity index (χ1) is 14.1. The maximum absolute atomic E-state index is 12.6. The molecule has 2 aliphatic heterocycles. The minimum absolute atomic E-state index is 0.0306. The minimum Gasteiger partial charge on any atom is -0.475 e. The summed E-state index contributed by atoms with van der Waals surface area (Å²) in [5, 5.41) is 14.4. The average Bonchev–Trinajstić information content (AvgIpc) is 3.23. The molecule has 8 nitrogen and oxygen atoms in total. The van der Waals surface area contributed by atoms with E-state index in [1.165, 1.54) is 12.8 Å². The van der Waals surface area contributed by atoms with Crippen LogP contribution in [-0.2, 0) is 20.9 Å². The quantitative estimate of drug-likeness (QED) is 0.732. The van der Waals surface area contributed by atoms with E-state index in [0.29, 0.717) is 11.8 Å². The molecule has 1 aliphatic carbocycles. The summed E-state index contributed by atoms with van der Waals surface area (Å²) in [5.41, 5.74) is 0.927. The van der Waals surface area contributed by atoms with Gasteiger partial charge in [-0.3, -0.25) is 9.69 Å². The number of aryl methyl sites for hydroxylation is 1. The lowest BCUT2D eigenvalue weighted by Crippen LogP contribution is -2.52. The number of alkyl halides is 3. The van der Waals surface area contributed by atoms with Crippen LogP contribution in [0, 0.1) is 24.7 Å². The summed E-state index contributed by atoms with van der Waals surface area (Å²) in [6.45, 7) is 5.90. The van der Waals surface area contributed by atoms with Crippen molar-refractivity contribution >= 4 is 11.9 Å². The first-order valence-electron chi connectivity index (χ1n) is 9.97. The number of aromatic nitrogens is 1. The molecule has 30 heavy (non-hydrogen) atoms. The van der Waals surface area contributed by atoms with Gasteiger partial charge >= 0.3 is 12.1 Å². The number of likely N-dealkylation sites (tertiary alicyclic amines) is 1. The van der Waals surface area contributed by atoms with Crippen LogP contribution < -0.4 is 5.32 Å². The van der Waals surface area contributed by atoms with Crippen molar-refractivity contribution in [3.8, 4) is 0 Å². The van der Waals surface area contributed by atoms with Gasteiger partial charge in [0.2, 0.25) is 5.91 Å². The zero-order valence-corrected chi connectivity index (χ0v) is 16.7. The molecule has 3 heterocycles. The van der Waals surface area contributed by atoms with Gasteiger partial charge in [-0.1, -0.05) is 5.16 Å². The fraction of sp³-hybridized carbons (Fsp3) is 0.737. The fourth-order valence-corrected chi connectivity index (χ4v) is 3.88. The number of carbonyl (C=O) groups is 2. The molecule has 0 radical (unpaired) electrons. The molecule has 3 fully saturated rings. The molecule has 11 heteroatoms. The van der Waals surface area contributed by atoms with Crippen LogP contribution >= 0.6 is 0 Å². The SMILES string of the molecule is Cc1cc(CN2C[C@H]3OCC[C@H]3[C@H](C(=O)NCC3CC3)C2)no1.O=C(O)C(F)(F)F. The maximum Gasteiger partial charge on any atom is 0.490 e. The molecule has 0 unspecified atom stereocenters. The molecule has 1 aromatic rings. The van der Waals surface area contributed by atoms with Gasteiger partial charge < -0.3 is 19.7 Å². The zero-order chi connectivity index (χ0) is 21.9. The van der Waals surface area contributed by atoms with Crippen molar-refractivity contribution in [2.45, 2.75) is 45.0 Å². The van der Waals surface area contributed by atoms with Crippen molar-refractivity contribution in [1.82, 2.24) is 15.4 Å². The molecule has 4 rings (SSSR count). The number of ether oxygens (including phenoxy) is 1. The molecule has 168 valence electrons. The average molecular weight is 433 g/mol. The minimum atomic E-state index is -5.08. The van der Waals surface area contributed by atoms with Crippen molar-refractivity contribution in [3.63, 3.8) is 0 Å². The Morgan fingerprint density at radius 1 is 1.30 bits per heavy atom. The van der Waals surface area contributed by atoms with E-state index in [1.54, 1.807) is 0 Å². The Kier molecular flexibility index (Phi) is 7.02. The molecule has 1 amide bonds. The molecule has 1 aromatic heterocycles. The lowest BCUT2D eigenvalue weighted by atomic mass is 9.82. The number of amides is 1. The van der Waals surface area contributed by atoms with Gasteiger partial charge in [0, 0.05) is 44.8 Å². The van der Waals surface area contributed by atoms with Gasteiger partial charge in [0.1, 0.15) is 5.76 Å². The summed E-state index contributed by atoms with van der Waals surface area (Å²) >= 11 is 0. The molecule has 1 saturated carbocycles. The van der Waals surface area contributed by atoms with Crippen LogP contribution in [0.5, 0.6) is 0 Å². The predicted octanol–water partition coefficient (Wildman–Crippen LogP) is 1.98. The summed E-state index contributed by atoms with van der Waals surface area (Å²) in [4.78, 5) is 23.8. The first-order valence-corrected chi connectivity index (χ1v) is 9.97. The highest BCUT2D eigenvalue weighted by Crippen LogP contribution is 2.35. The van der Waals surface area contributed by atoms with Gasteiger partial charge in [0.15, 0.2) is 0 Å². The summed E-state index contributed by atoms with van der Waals surface area (Å²) in [7, 11) is 0. The molecule has 3 atom stereocenters. The van der Waals surface area contributed by atoms with Gasteiger partial charge in [-0.05, 0) is 32.1 Å². The number of halogens is 3. The Morgan fingerprint density at radius 2 is 2.00 bits per heavy atom. The molecular formula is C19H26F3N3O5. The van der Waals surface area contributed by atoms with Crippen LogP contribution in [0.4, 0.5) is 13.2 Å². The Hall–Kier alpha value is -2.14. The fourth-order valence-electron chi connectivity index (χ4n) is 3.88. The number of carboxylic acids is 1. The third-order valence-electron chi connectivity index (χ3n) is 5.57. The second-order valence-electron chi connectivity index (χ2n) is 8.08. The van der Waals surface area contributed by atoms with Crippen molar-refractivity contribution in [2.24, 2.45) is 17.8 Å². The summed E-state index contributed by atoms with van der Waals surface area (Å²) in [6, 6.07) is 1.96. The van der Waals surface area contributed by atoms with E-state index in [-0.39, 0.29) is 17.9 Å². The molecule has 0 aromatic carbocycles. The summed E-state index contributed by atoms with van der Waals surface area (Å²) < 4.78 is 42.8. The van der Waals surface area contributed by atoms with Crippen LogP contribution in [0.3, 0.4) is 0 Å². The number of nitrogens with zero attached hydrogens (tertiary/aromatic N) is 2. The van der Waals surface area contributed by atoms with E-state index >= 15 is 0 Å². The Morgan fingerprint density at radius 3 is 2.57 bits per heavy atom. The molecular weight excluding hydrogens is 407 g/mol. The molecule has 2 saturated heterocycles. The van der Waals surface area contributed by atoms with Crippen molar-refractivity contribution in [3.05, 3.63) is 17.5 Å². The number of piperidine rings is 1. The highest BCUT2D eigenvalue weighted by molar-refractivity contribution is 5.79. The second kappa shape index (κ2) is 9.34. The first kappa shape index (κ1) is 22.5. The molecule has 2 N–H and O–H groups in total. The highest BCUT2D eigenvalue weighted by atomic mass is 19.4. The van der Waals surface area contributed by atoms with Crippen molar-refractivity contribution in [1.29, 1.82) is 0 Å². The van der Waals surface area contributed by atoms with E-state index in [2.05, 4.69) is 15.4 Å². The van der Waals surface area contributed by atoms with Gasteiger partial charge in [-0.25, -0.2) is 4.79 Å². The highest BCUT2D eigenvalue weighted by Gasteiger charge is 2.44. The van der Waals surface area contributed by atoms with E-state index in [9.17, 15) is 18.0 Å². The van der Waals surface area contributed by atoms with Gasteiger partial charge in [-0.2, -0.15) is 13.2 Å². The Bertz CT molecular complexity index is 750. The maximum atomic E-state index is 12.6. The number of fused-ring (bicyclic) bond motifs is 1. The van der Waals surface area contributed by atoms with E-state index in [1.807, 2.05) is 13.0 Å². The molecule has 0 bridgehead atoms. The molecule has 0 spiro atoms. The third-order valence-corrected chi connectivity index (χ3v) is 5.57. The van der Waals surface area contributed by atoms with Crippen LogP contribution in [0.25, 0.3) is 0 Å². The number of carboxylic acid groups (broad SMARTS) is 1. The zero-order valence-electron chi connectivity index (χ0n) is 16.7. The van der Waals surface area contributed by atoms with Crippen molar-refractivity contribution in [2.75, 3.05) is 26.2 Å². The van der Waals surface area contributed by atoms with Crippen LogP contribution in [0.15, 0.2) is 10.6 Å². The van der Waals surface area contributed by atoms with Gasteiger partial charge in [-0.15, -0.1) is 0 Å². The number of rotatable bonds is 5. The number of hydrogen-bond donors (Lipinski definition) is 2. The van der Waals surface area contributed by atoms with E-state index in [0.717, 1.165) is 50.7 Å². The standard InChI is InChI=1S/C17H25N3O3.C2HF3O2/c1-11-6-13(19-23-11)8-20-9-15(14-4-5-22-16(14)10-20)17(21)18-7-12-2-3-12;3-2(4,5)1(6)7/h6,12,14-16H,2-5,7-10H2,1H3,(H,18,21);(H,6,7)/t14-,15+,16+;/m0./s1. The lowest BCUT2D eigenvalue weighted by molar-refractivity contribution is -0.192.